The fourth-order valence-corrected chi connectivity index (χ4v) is 2.48. The molecular weight excluding hydrogens is 202 g/mol. The van der Waals surface area contributed by atoms with Crippen LogP contribution in [0.2, 0.25) is 0 Å². The molecule has 1 rings (SSSR count). The third-order valence-corrected chi connectivity index (χ3v) is 3.85. The highest BCUT2D eigenvalue weighted by Gasteiger charge is 2.04. The number of aromatic nitrogens is 2. The quantitative estimate of drug-likeness (QED) is 0.763. The summed E-state index contributed by atoms with van der Waals surface area (Å²) in [5.74, 6) is 2.01. The Hall–Kier alpha value is -0.130. The van der Waals surface area contributed by atoms with Crippen molar-refractivity contribution in [3.05, 3.63) is 5.82 Å². The lowest BCUT2D eigenvalue weighted by atomic mass is 10.4. The topological polar surface area (TPSA) is 37.8 Å². The summed E-state index contributed by atoms with van der Waals surface area (Å²) in [5, 5.41) is 3.19. The van der Waals surface area contributed by atoms with Gasteiger partial charge in [0.25, 0.3) is 0 Å². The predicted octanol–water partition coefficient (Wildman–Crippen LogP) is 1.80. The summed E-state index contributed by atoms with van der Waals surface area (Å²) >= 11 is 3.27. The van der Waals surface area contributed by atoms with Crippen LogP contribution in [0.15, 0.2) is 4.34 Å². The van der Waals surface area contributed by atoms with E-state index < -0.39 is 0 Å². The maximum atomic E-state index is 4.38. The number of hydrogen-bond acceptors (Lipinski definition) is 5. The Labute approximate surface area is 87.5 Å². The Morgan fingerprint density at radius 2 is 2.38 bits per heavy atom. The molecule has 1 aromatic rings. The van der Waals surface area contributed by atoms with Gasteiger partial charge in [-0.25, -0.2) is 4.98 Å². The lowest BCUT2D eigenvalue weighted by Gasteiger charge is -2.06. The average Bonchev–Trinajstić information content (AvgIpc) is 2.61. The molecule has 0 radical (unpaired) electrons. The van der Waals surface area contributed by atoms with Crippen molar-refractivity contribution in [2.24, 2.45) is 0 Å². The number of hydrogen-bond donors (Lipinski definition) is 1. The molecule has 1 atom stereocenters. The van der Waals surface area contributed by atoms with Crippen LogP contribution >= 0.6 is 23.3 Å². The lowest BCUT2D eigenvalue weighted by molar-refractivity contribution is 0.677. The monoisotopic (exact) mass is 217 g/mol. The highest BCUT2D eigenvalue weighted by Crippen LogP contribution is 2.20. The summed E-state index contributed by atoms with van der Waals surface area (Å²) in [4.78, 5) is 4.38. The highest BCUT2D eigenvalue weighted by molar-refractivity contribution is 8.00. The van der Waals surface area contributed by atoms with E-state index in [0.29, 0.717) is 6.04 Å². The summed E-state index contributed by atoms with van der Waals surface area (Å²) < 4.78 is 5.31. The molecule has 1 heterocycles. The van der Waals surface area contributed by atoms with Crippen LogP contribution in [-0.2, 0) is 6.42 Å². The van der Waals surface area contributed by atoms with E-state index in [9.17, 15) is 0 Å². The van der Waals surface area contributed by atoms with E-state index in [1.807, 2.05) is 7.05 Å². The third kappa shape index (κ3) is 3.62. The van der Waals surface area contributed by atoms with E-state index in [1.54, 1.807) is 11.8 Å². The standard InChI is InChI=1S/C8H15N3S2/c1-4-7-10-8(13-11-7)12-5-6(2)9-3/h6,9H,4-5H2,1-3H3. The number of nitrogens with one attached hydrogen (secondary N) is 1. The second-order valence-electron chi connectivity index (χ2n) is 2.83. The molecule has 0 saturated carbocycles. The molecule has 1 unspecified atom stereocenters. The van der Waals surface area contributed by atoms with Gasteiger partial charge in [-0.1, -0.05) is 18.7 Å². The molecule has 13 heavy (non-hydrogen) atoms. The molecular formula is C8H15N3S2. The van der Waals surface area contributed by atoms with Crippen LogP contribution in [0.1, 0.15) is 19.7 Å². The second-order valence-corrected chi connectivity index (χ2v) is 4.85. The summed E-state index contributed by atoms with van der Waals surface area (Å²) in [5.41, 5.74) is 0. The lowest BCUT2D eigenvalue weighted by Crippen LogP contribution is -2.23. The van der Waals surface area contributed by atoms with Gasteiger partial charge >= 0.3 is 0 Å². The number of thioether (sulfide) groups is 1. The normalized spacial score (nSPS) is 13.2. The van der Waals surface area contributed by atoms with Crippen LogP contribution in [0.3, 0.4) is 0 Å². The van der Waals surface area contributed by atoms with Gasteiger partial charge in [-0.2, -0.15) is 4.37 Å². The zero-order valence-electron chi connectivity index (χ0n) is 8.20. The molecule has 0 fully saturated rings. The first-order chi connectivity index (χ1) is 6.26. The van der Waals surface area contributed by atoms with Crippen molar-refractivity contribution in [1.29, 1.82) is 0 Å². The Morgan fingerprint density at radius 3 is 2.92 bits per heavy atom. The fourth-order valence-electron chi connectivity index (χ4n) is 0.720. The van der Waals surface area contributed by atoms with Crippen molar-refractivity contribution in [3.63, 3.8) is 0 Å². The van der Waals surface area contributed by atoms with Gasteiger partial charge in [0.15, 0.2) is 4.34 Å². The summed E-state index contributed by atoms with van der Waals surface area (Å²) in [6.07, 6.45) is 0.929. The van der Waals surface area contributed by atoms with Crippen LogP contribution < -0.4 is 5.32 Å². The molecule has 0 saturated heterocycles. The zero-order chi connectivity index (χ0) is 9.68. The fraction of sp³-hybridized carbons (Fsp3) is 0.750. The van der Waals surface area contributed by atoms with E-state index in [2.05, 4.69) is 28.5 Å². The van der Waals surface area contributed by atoms with E-state index in [-0.39, 0.29) is 0 Å². The first-order valence-electron chi connectivity index (χ1n) is 4.39. The summed E-state index contributed by atoms with van der Waals surface area (Å²) in [6.45, 7) is 4.24. The Balaban J connectivity index is 2.36. The van der Waals surface area contributed by atoms with Gasteiger partial charge in [-0.05, 0) is 25.5 Å². The molecule has 3 nitrogen and oxygen atoms in total. The van der Waals surface area contributed by atoms with Crippen LogP contribution in [0.4, 0.5) is 0 Å². The van der Waals surface area contributed by atoms with Crippen LogP contribution in [-0.4, -0.2) is 28.2 Å². The Kier molecular flexibility index (Phi) is 4.69. The molecule has 0 aliphatic carbocycles. The smallest absolute Gasteiger partial charge is 0.170 e. The molecule has 0 aliphatic heterocycles. The van der Waals surface area contributed by atoms with Gasteiger partial charge in [-0.15, -0.1) is 0 Å². The van der Waals surface area contributed by atoms with E-state index in [1.165, 1.54) is 11.5 Å². The third-order valence-electron chi connectivity index (χ3n) is 1.72. The molecule has 0 bridgehead atoms. The minimum Gasteiger partial charge on any atom is -0.316 e. The second kappa shape index (κ2) is 5.57. The highest BCUT2D eigenvalue weighted by atomic mass is 32.2. The van der Waals surface area contributed by atoms with E-state index in [4.69, 9.17) is 0 Å². The largest absolute Gasteiger partial charge is 0.316 e. The van der Waals surface area contributed by atoms with Gasteiger partial charge in [0.1, 0.15) is 5.82 Å². The van der Waals surface area contributed by atoms with Crippen molar-refractivity contribution >= 4 is 23.3 Å². The average molecular weight is 217 g/mol. The molecule has 1 N–H and O–H groups in total. The first-order valence-corrected chi connectivity index (χ1v) is 6.14. The molecule has 5 heteroatoms. The van der Waals surface area contributed by atoms with Crippen molar-refractivity contribution in [2.45, 2.75) is 30.6 Å². The molecule has 74 valence electrons. The zero-order valence-corrected chi connectivity index (χ0v) is 9.84. The van der Waals surface area contributed by atoms with Crippen molar-refractivity contribution in [2.75, 3.05) is 12.8 Å². The van der Waals surface area contributed by atoms with Crippen LogP contribution in [0.25, 0.3) is 0 Å². The number of rotatable bonds is 5. The molecule has 0 amide bonds. The van der Waals surface area contributed by atoms with Crippen molar-refractivity contribution in [3.8, 4) is 0 Å². The minimum absolute atomic E-state index is 0.527. The molecule has 0 aromatic carbocycles. The summed E-state index contributed by atoms with van der Waals surface area (Å²) in [7, 11) is 1.97. The van der Waals surface area contributed by atoms with Gasteiger partial charge in [0.05, 0.1) is 0 Å². The first kappa shape index (κ1) is 10.9. The minimum atomic E-state index is 0.527. The van der Waals surface area contributed by atoms with Gasteiger partial charge in [0, 0.05) is 18.2 Å². The molecule has 1 aromatic heterocycles. The molecule has 0 aliphatic rings. The molecule has 0 spiro atoms. The van der Waals surface area contributed by atoms with Crippen molar-refractivity contribution in [1.82, 2.24) is 14.7 Å². The van der Waals surface area contributed by atoms with Crippen LogP contribution in [0, 0.1) is 0 Å². The SMILES string of the molecule is CCc1nsc(SCC(C)NC)n1. The van der Waals surface area contributed by atoms with Gasteiger partial charge < -0.3 is 5.32 Å². The Bertz CT molecular complexity index is 249. The summed E-state index contributed by atoms with van der Waals surface area (Å²) in [6, 6.07) is 0.527. The Morgan fingerprint density at radius 1 is 1.62 bits per heavy atom. The maximum Gasteiger partial charge on any atom is 0.170 e. The van der Waals surface area contributed by atoms with Crippen LogP contribution in [0.5, 0.6) is 0 Å². The van der Waals surface area contributed by atoms with Gasteiger partial charge in [0.2, 0.25) is 0 Å². The van der Waals surface area contributed by atoms with Crippen molar-refractivity contribution < 1.29 is 0 Å². The predicted molar refractivity (Wildman–Crippen MR) is 58.5 cm³/mol. The van der Waals surface area contributed by atoms with Gasteiger partial charge in [-0.3, -0.25) is 0 Å². The number of aryl methyl sites for hydroxylation is 1. The van der Waals surface area contributed by atoms with E-state index in [0.717, 1.165) is 22.3 Å². The maximum absolute atomic E-state index is 4.38. The number of nitrogens with zero attached hydrogens (tertiary/aromatic N) is 2. The van der Waals surface area contributed by atoms with E-state index >= 15 is 0 Å².